The summed E-state index contributed by atoms with van der Waals surface area (Å²) in [7, 11) is 0. The third-order valence-corrected chi connectivity index (χ3v) is 4.28. The molecule has 122 valence electrons. The fourth-order valence-electron chi connectivity index (χ4n) is 2.99. The summed E-state index contributed by atoms with van der Waals surface area (Å²) < 4.78 is 3.13. The first kappa shape index (κ1) is 13.8. The van der Waals surface area contributed by atoms with Gasteiger partial charge in [0.1, 0.15) is 5.52 Å². The number of aromatic amines is 1. The first-order chi connectivity index (χ1) is 12.2. The van der Waals surface area contributed by atoms with Gasteiger partial charge in [0, 0.05) is 35.4 Å². The predicted octanol–water partition coefficient (Wildman–Crippen LogP) is 1.87. The quantitative estimate of drug-likeness (QED) is 0.533. The van der Waals surface area contributed by atoms with E-state index in [9.17, 15) is 4.79 Å². The highest BCUT2D eigenvalue weighted by Gasteiger charge is 2.13. The number of H-pyrrole nitrogens is 1. The molecule has 0 fully saturated rings. The van der Waals surface area contributed by atoms with Crippen molar-refractivity contribution in [2.75, 3.05) is 0 Å². The molecule has 0 bridgehead atoms. The molecule has 1 N–H and O–H groups in total. The minimum absolute atomic E-state index is 0.240. The van der Waals surface area contributed by atoms with Crippen LogP contribution < -0.4 is 5.56 Å². The zero-order valence-corrected chi connectivity index (χ0v) is 13.3. The highest BCUT2D eigenvalue weighted by molar-refractivity contribution is 5.82. The van der Waals surface area contributed by atoms with Gasteiger partial charge in [0.05, 0.1) is 0 Å². The Balaban J connectivity index is 1.78. The maximum absolute atomic E-state index is 12.9. The van der Waals surface area contributed by atoms with Crippen LogP contribution in [0.5, 0.6) is 0 Å². The Hall–Kier alpha value is -3.55. The Morgan fingerprint density at radius 1 is 1.16 bits per heavy atom. The highest BCUT2D eigenvalue weighted by atomic mass is 16.1. The van der Waals surface area contributed by atoms with Gasteiger partial charge in [-0.25, -0.2) is 0 Å². The molecule has 5 rings (SSSR count). The van der Waals surface area contributed by atoms with Gasteiger partial charge in [-0.05, 0) is 30.3 Å². The van der Waals surface area contributed by atoms with Crippen LogP contribution in [-0.4, -0.2) is 34.3 Å². The maximum atomic E-state index is 12.9. The van der Waals surface area contributed by atoms with Gasteiger partial charge in [-0.1, -0.05) is 6.92 Å². The Morgan fingerprint density at radius 2 is 2.08 bits per heavy atom. The van der Waals surface area contributed by atoms with Gasteiger partial charge in [0.15, 0.2) is 11.3 Å². The molecule has 8 nitrogen and oxygen atoms in total. The van der Waals surface area contributed by atoms with Crippen LogP contribution in [0.4, 0.5) is 0 Å². The van der Waals surface area contributed by atoms with E-state index in [1.54, 1.807) is 15.3 Å². The van der Waals surface area contributed by atoms with Crippen LogP contribution in [0.15, 0.2) is 47.5 Å². The second kappa shape index (κ2) is 4.97. The Morgan fingerprint density at radius 3 is 2.96 bits per heavy atom. The lowest BCUT2D eigenvalue weighted by molar-refractivity contribution is 0.884. The van der Waals surface area contributed by atoms with Gasteiger partial charge in [-0.15, -0.1) is 15.3 Å². The van der Waals surface area contributed by atoms with Crippen LogP contribution in [0.1, 0.15) is 12.7 Å². The zero-order valence-electron chi connectivity index (χ0n) is 13.3. The zero-order chi connectivity index (χ0) is 17.0. The minimum atomic E-state index is -0.240. The standard InChI is InChI=1S/C17H13N7O/c1-2-14-19-17-21-20-15-13(24(17)22-14)6-8-23(16(15)25)11-3-4-12-10(9-11)5-7-18-12/h3-9,18H,2H2,1H3. The summed E-state index contributed by atoms with van der Waals surface area (Å²) >= 11 is 0. The van der Waals surface area contributed by atoms with Crippen molar-refractivity contribution in [3.63, 3.8) is 0 Å². The van der Waals surface area contributed by atoms with Crippen LogP contribution >= 0.6 is 0 Å². The number of nitrogens with one attached hydrogen (secondary N) is 1. The van der Waals surface area contributed by atoms with E-state index in [1.807, 2.05) is 43.5 Å². The van der Waals surface area contributed by atoms with E-state index in [1.165, 1.54) is 0 Å². The van der Waals surface area contributed by atoms with Gasteiger partial charge in [0.2, 0.25) is 0 Å². The molecule has 0 saturated carbocycles. The number of nitrogens with zero attached hydrogens (tertiary/aromatic N) is 6. The molecule has 0 spiro atoms. The first-order valence-corrected chi connectivity index (χ1v) is 7.96. The molecule has 8 heteroatoms. The minimum Gasteiger partial charge on any atom is -0.361 e. The van der Waals surface area contributed by atoms with Crippen molar-refractivity contribution < 1.29 is 0 Å². The van der Waals surface area contributed by atoms with Gasteiger partial charge in [0.25, 0.3) is 11.3 Å². The van der Waals surface area contributed by atoms with Crippen LogP contribution in [0.25, 0.3) is 33.4 Å². The maximum Gasteiger partial charge on any atom is 0.285 e. The number of pyridine rings is 1. The second-order valence-corrected chi connectivity index (χ2v) is 5.77. The molecule has 0 amide bonds. The summed E-state index contributed by atoms with van der Waals surface area (Å²) in [6, 6.07) is 9.57. The van der Waals surface area contributed by atoms with E-state index in [-0.39, 0.29) is 11.1 Å². The van der Waals surface area contributed by atoms with Crippen LogP contribution in [0.2, 0.25) is 0 Å². The highest BCUT2D eigenvalue weighted by Crippen LogP contribution is 2.17. The summed E-state index contributed by atoms with van der Waals surface area (Å²) in [5.74, 6) is 1.07. The van der Waals surface area contributed by atoms with Crippen molar-refractivity contribution in [2.24, 2.45) is 0 Å². The van der Waals surface area contributed by atoms with Crippen molar-refractivity contribution in [3.8, 4) is 5.69 Å². The number of rotatable bonds is 2. The molecular formula is C17H13N7O. The van der Waals surface area contributed by atoms with Crippen LogP contribution in [0, 0.1) is 0 Å². The number of aromatic nitrogens is 7. The molecule has 4 aromatic heterocycles. The van der Waals surface area contributed by atoms with E-state index in [0.717, 1.165) is 16.6 Å². The van der Waals surface area contributed by atoms with Gasteiger partial charge < -0.3 is 4.98 Å². The summed E-state index contributed by atoms with van der Waals surface area (Å²) in [5.41, 5.74) is 2.41. The normalized spacial score (nSPS) is 11.7. The average Bonchev–Trinajstić information content (AvgIpc) is 3.27. The fourth-order valence-corrected chi connectivity index (χ4v) is 2.99. The molecule has 4 heterocycles. The van der Waals surface area contributed by atoms with Crippen molar-refractivity contribution in [3.05, 3.63) is 58.9 Å². The lowest BCUT2D eigenvalue weighted by atomic mass is 10.2. The van der Waals surface area contributed by atoms with E-state index >= 15 is 0 Å². The van der Waals surface area contributed by atoms with E-state index < -0.39 is 0 Å². The van der Waals surface area contributed by atoms with Crippen molar-refractivity contribution in [2.45, 2.75) is 13.3 Å². The number of hydrogen-bond donors (Lipinski definition) is 1. The molecule has 1 aromatic carbocycles. The molecule has 0 aliphatic carbocycles. The van der Waals surface area contributed by atoms with Crippen LogP contribution in [0.3, 0.4) is 0 Å². The number of hydrogen-bond acceptors (Lipinski definition) is 5. The molecule has 25 heavy (non-hydrogen) atoms. The van der Waals surface area contributed by atoms with Gasteiger partial charge in [-0.3, -0.25) is 9.36 Å². The second-order valence-electron chi connectivity index (χ2n) is 5.77. The van der Waals surface area contributed by atoms with Crippen molar-refractivity contribution >= 4 is 27.7 Å². The molecule has 0 saturated heterocycles. The lowest BCUT2D eigenvalue weighted by Crippen LogP contribution is -2.20. The molecular weight excluding hydrogens is 318 g/mol. The molecule has 0 atom stereocenters. The Kier molecular flexibility index (Phi) is 2.75. The number of benzene rings is 1. The van der Waals surface area contributed by atoms with E-state index in [2.05, 4.69) is 25.3 Å². The SMILES string of the molecule is CCc1nc2nnc3c(=O)n(-c4ccc5[nH]ccc5c4)ccc3n2n1. The molecule has 0 unspecified atom stereocenters. The fraction of sp³-hybridized carbons (Fsp3) is 0.118. The molecule has 0 radical (unpaired) electrons. The summed E-state index contributed by atoms with van der Waals surface area (Å²) in [6.07, 6.45) is 4.29. The topological polar surface area (TPSA) is 93.8 Å². The monoisotopic (exact) mass is 331 g/mol. The Bertz CT molecular complexity index is 1310. The molecule has 0 aliphatic rings. The molecule has 0 aliphatic heterocycles. The van der Waals surface area contributed by atoms with Gasteiger partial charge in [-0.2, -0.15) is 9.50 Å². The third kappa shape index (κ3) is 1.97. The largest absolute Gasteiger partial charge is 0.361 e. The number of aryl methyl sites for hydroxylation is 1. The van der Waals surface area contributed by atoms with Crippen molar-refractivity contribution in [1.82, 2.24) is 34.3 Å². The first-order valence-electron chi connectivity index (χ1n) is 7.96. The van der Waals surface area contributed by atoms with Crippen LogP contribution in [-0.2, 0) is 6.42 Å². The van der Waals surface area contributed by atoms with Gasteiger partial charge >= 0.3 is 0 Å². The predicted molar refractivity (Wildman–Crippen MR) is 92.9 cm³/mol. The number of fused-ring (bicyclic) bond motifs is 4. The average molecular weight is 331 g/mol. The summed E-state index contributed by atoms with van der Waals surface area (Å²) in [4.78, 5) is 20.3. The Labute approximate surface area is 140 Å². The van der Waals surface area contributed by atoms with Crippen molar-refractivity contribution in [1.29, 1.82) is 0 Å². The van der Waals surface area contributed by atoms with E-state index in [4.69, 9.17) is 0 Å². The summed E-state index contributed by atoms with van der Waals surface area (Å²) in [6.45, 7) is 1.97. The van der Waals surface area contributed by atoms with E-state index in [0.29, 0.717) is 23.5 Å². The molecule has 5 aromatic rings. The third-order valence-electron chi connectivity index (χ3n) is 4.28. The summed E-state index contributed by atoms with van der Waals surface area (Å²) in [5, 5.41) is 13.5. The smallest absolute Gasteiger partial charge is 0.285 e. The lowest BCUT2D eigenvalue weighted by Gasteiger charge is -2.07.